The van der Waals surface area contributed by atoms with Gasteiger partial charge in [0.15, 0.2) is 0 Å². The van der Waals surface area contributed by atoms with Gasteiger partial charge >= 0.3 is 0 Å². The minimum atomic E-state index is 0. The van der Waals surface area contributed by atoms with Gasteiger partial charge in [-0.2, -0.15) is 0 Å². The lowest BCUT2D eigenvalue weighted by Crippen LogP contribution is -2.12. The first-order chi connectivity index (χ1) is 6.33. The molecule has 1 unspecified atom stereocenters. The Hall–Kier alpha value is -0.790. The van der Waals surface area contributed by atoms with Crippen LogP contribution in [-0.4, -0.2) is 13.6 Å². The van der Waals surface area contributed by atoms with Gasteiger partial charge in [-0.25, -0.2) is 0 Å². The van der Waals surface area contributed by atoms with Crippen LogP contribution in [0.4, 0.5) is 0 Å². The molecule has 1 aromatic carbocycles. The largest absolute Gasteiger partial charge is 0.316 e. The van der Waals surface area contributed by atoms with E-state index >= 15 is 0 Å². The molecule has 0 spiro atoms. The lowest BCUT2D eigenvalue weighted by Gasteiger charge is -2.09. The molecule has 0 radical (unpaired) electrons. The fraction of sp³-hybridized carbons (Fsp3) is 0.333. The van der Waals surface area contributed by atoms with Crippen molar-refractivity contribution in [2.45, 2.75) is 12.8 Å². The maximum atomic E-state index is 3.21. The number of benzene rings is 1. The Kier molecular flexibility index (Phi) is 3.73. The highest BCUT2D eigenvalue weighted by Gasteiger charge is 2.19. The minimum absolute atomic E-state index is 0. The van der Waals surface area contributed by atoms with Crippen LogP contribution in [0, 0.1) is 0 Å². The van der Waals surface area contributed by atoms with Gasteiger partial charge in [-0.3, -0.25) is 0 Å². The smallest absolute Gasteiger partial charge is 0.0170 e. The molecule has 0 saturated heterocycles. The summed E-state index contributed by atoms with van der Waals surface area (Å²) in [5.74, 6) is 0.587. The molecule has 0 saturated carbocycles. The molecule has 76 valence electrons. The van der Waals surface area contributed by atoms with E-state index in [1.807, 2.05) is 7.05 Å². The van der Waals surface area contributed by atoms with Crippen molar-refractivity contribution in [3.8, 4) is 0 Å². The maximum Gasteiger partial charge on any atom is 0.0170 e. The summed E-state index contributed by atoms with van der Waals surface area (Å²) in [5.41, 5.74) is 4.34. The first-order valence-corrected chi connectivity index (χ1v) is 4.77. The molecule has 0 bridgehead atoms. The summed E-state index contributed by atoms with van der Waals surface area (Å²) in [5, 5.41) is 3.21. The van der Waals surface area contributed by atoms with Gasteiger partial charge in [0.2, 0.25) is 0 Å². The van der Waals surface area contributed by atoms with Crippen LogP contribution >= 0.6 is 12.4 Å². The van der Waals surface area contributed by atoms with Crippen LogP contribution < -0.4 is 5.32 Å². The zero-order valence-electron chi connectivity index (χ0n) is 8.58. The van der Waals surface area contributed by atoms with E-state index in [1.54, 1.807) is 0 Å². The Bertz CT molecular complexity index is 344. The first kappa shape index (κ1) is 11.3. The average Bonchev–Trinajstić information content (AvgIpc) is 2.46. The molecule has 1 aliphatic carbocycles. The Labute approximate surface area is 91.6 Å². The van der Waals surface area contributed by atoms with Crippen LogP contribution in [0.5, 0.6) is 0 Å². The van der Waals surface area contributed by atoms with Crippen LogP contribution in [0.15, 0.2) is 29.8 Å². The third kappa shape index (κ3) is 1.84. The third-order valence-electron chi connectivity index (χ3n) is 2.74. The molecule has 1 aliphatic rings. The normalized spacial score (nSPS) is 18.4. The minimum Gasteiger partial charge on any atom is -0.316 e. The fourth-order valence-corrected chi connectivity index (χ4v) is 1.97. The summed E-state index contributed by atoms with van der Waals surface area (Å²) in [6.07, 6.45) is 2.30. The molecule has 0 aromatic heterocycles. The molecule has 0 fully saturated rings. The highest BCUT2D eigenvalue weighted by Crippen LogP contribution is 2.34. The summed E-state index contributed by atoms with van der Waals surface area (Å²) >= 11 is 0. The average molecular weight is 210 g/mol. The first-order valence-electron chi connectivity index (χ1n) is 4.77. The predicted molar refractivity (Wildman–Crippen MR) is 64.0 cm³/mol. The third-order valence-corrected chi connectivity index (χ3v) is 2.74. The molecular formula is C12H16ClN. The van der Waals surface area contributed by atoms with Gasteiger partial charge in [0.05, 0.1) is 0 Å². The zero-order valence-corrected chi connectivity index (χ0v) is 9.40. The van der Waals surface area contributed by atoms with Gasteiger partial charge in [0, 0.05) is 12.5 Å². The molecule has 0 aliphatic heterocycles. The number of fused-ring (bicyclic) bond motifs is 1. The van der Waals surface area contributed by atoms with E-state index in [9.17, 15) is 0 Å². The van der Waals surface area contributed by atoms with Crippen LogP contribution in [-0.2, 0) is 0 Å². The number of likely N-dealkylation sites (N-methyl/N-ethyl adjacent to an activating group) is 1. The number of nitrogens with one attached hydrogen (secondary N) is 1. The number of rotatable bonds is 2. The van der Waals surface area contributed by atoms with E-state index in [-0.39, 0.29) is 12.4 Å². The van der Waals surface area contributed by atoms with E-state index in [1.165, 1.54) is 16.7 Å². The zero-order chi connectivity index (χ0) is 9.26. The summed E-state index contributed by atoms with van der Waals surface area (Å²) < 4.78 is 0. The van der Waals surface area contributed by atoms with E-state index in [4.69, 9.17) is 0 Å². The lowest BCUT2D eigenvalue weighted by molar-refractivity contribution is 0.800. The second-order valence-electron chi connectivity index (χ2n) is 3.60. The van der Waals surface area contributed by atoms with Gasteiger partial charge in [-0.1, -0.05) is 37.3 Å². The molecule has 2 rings (SSSR count). The van der Waals surface area contributed by atoms with Crippen molar-refractivity contribution >= 4 is 18.5 Å². The van der Waals surface area contributed by atoms with Crippen molar-refractivity contribution in [1.82, 2.24) is 5.32 Å². The van der Waals surface area contributed by atoms with Gasteiger partial charge in [-0.05, 0) is 23.7 Å². The Morgan fingerprint density at radius 2 is 2.00 bits per heavy atom. The van der Waals surface area contributed by atoms with E-state index in [0.717, 1.165) is 6.54 Å². The van der Waals surface area contributed by atoms with Crippen LogP contribution in [0.3, 0.4) is 0 Å². The number of halogens is 1. The summed E-state index contributed by atoms with van der Waals surface area (Å²) in [6, 6.07) is 8.63. The SMILES string of the molecule is CNCC1=Cc2ccccc2C1C.Cl. The van der Waals surface area contributed by atoms with Crippen LogP contribution in [0.2, 0.25) is 0 Å². The molecule has 1 nitrogen and oxygen atoms in total. The number of hydrogen-bond acceptors (Lipinski definition) is 1. The molecule has 0 amide bonds. The van der Waals surface area contributed by atoms with Crippen molar-refractivity contribution in [2.75, 3.05) is 13.6 Å². The highest BCUT2D eigenvalue weighted by atomic mass is 35.5. The molecular weight excluding hydrogens is 194 g/mol. The monoisotopic (exact) mass is 209 g/mol. The van der Waals surface area contributed by atoms with Gasteiger partial charge in [0.25, 0.3) is 0 Å². The van der Waals surface area contributed by atoms with Crippen molar-refractivity contribution in [3.05, 3.63) is 41.0 Å². The molecule has 1 aromatic rings. The lowest BCUT2D eigenvalue weighted by atomic mass is 9.98. The predicted octanol–water partition coefficient (Wildman–Crippen LogP) is 2.83. The summed E-state index contributed by atoms with van der Waals surface area (Å²) in [6.45, 7) is 3.27. The van der Waals surface area contributed by atoms with Gasteiger partial charge < -0.3 is 5.32 Å². The highest BCUT2D eigenvalue weighted by molar-refractivity contribution is 5.85. The second-order valence-corrected chi connectivity index (χ2v) is 3.60. The Balaban J connectivity index is 0.000000980. The topological polar surface area (TPSA) is 12.0 Å². The standard InChI is InChI=1S/C12H15N.ClH/c1-9-11(8-13-2)7-10-5-3-4-6-12(9)10;/h3-7,9,13H,8H2,1-2H3;1H. The van der Waals surface area contributed by atoms with E-state index in [2.05, 4.69) is 42.6 Å². The van der Waals surface area contributed by atoms with Crippen LogP contribution in [0.25, 0.3) is 6.08 Å². The molecule has 1 N–H and O–H groups in total. The van der Waals surface area contributed by atoms with Crippen molar-refractivity contribution in [1.29, 1.82) is 0 Å². The Morgan fingerprint density at radius 1 is 1.29 bits per heavy atom. The molecule has 1 atom stereocenters. The molecule has 0 heterocycles. The molecule has 2 heteroatoms. The van der Waals surface area contributed by atoms with Crippen molar-refractivity contribution < 1.29 is 0 Å². The molecule has 14 heavy (non-hydrogen) atoms. The summed E-state index contributed by atoms with van der Waals surface area (Å²) in [7, 11) is 2.00. The number of hydrogen-bond donors (Lipinski definition) is 1. The van der Waals surface area contributed by atoms with E-state index in [0.29, 0.717) is 5.92 Å². The second kappa shape index (κ2) is 4.63. The van der Waals surface area contributed by atoms with E-state index < -0.39 is 0 Å². The van der Waals surface area contributed by atoms with Gasteiger partial charge in [0.1, 0.15) is 0 Å². The quantitative estimate of drug-likeness (QED) is 0.790. The maximum absolute atomic E-state index is 3.21. The van der Waals surface area contributed by atoms with Crippen molar-refractivity contribution in [2.24, 2.45) is 0 Å². The van der Waals surface area contributed by atoms with Gasteiger partial charge in [-0.15, -0.1) is 12.4 Å². The van der Waals surface area contributed by atoms with Crippen molar-refractivity contribution in [3.63, 3.8) is 0 Å². The Morgan fingerprint density at radius 3 is 2.64 bits per heavy atom. The van der Waals surface area contributed by atoms with Crippen LogP contribution in [0.1, 0.15) is 24.0 Å². The fourth-order valence-electron chi connectivity index (χ4n) is 1.97. The summed E-state index contributed by atoms with van der Waals surface area (Å²) in [4.78, 5) is 0.